The molecule has 1 aromatic rings. The molecule has 21 heavy (non-hydrogen) atoms. The number of aryl methyl sites for hydroxylation is 1. The van der Waals surface area contributed by atoms with Crippen molar-refractivity contribution in [3.63, 3.8) is 0 Å². The van der Waals surface area contributed by atoms with Crippen molar-refractivity contribution in [1.29, 1.82) is 0 Å². The molecule has 0 spiro atoms. The van der Waals surface area contributed by atoms with Gasteiger partial charge in [-0.1, -0.05) is 0 Å². The Morgan fingerprint density at radius 3 is 2.52 bits per heavy atom. The summed E-state index contributed by atoms with van der Waals surface area (Å²) in [5, 5.41) is 3.88. The largest absolute Gasteiger partial charge is 0.381 e. The summed E-state index contributed by atoms with van der Waals surface area (Å²) < 4.78 is 13.3. The van der Waals surface area contributed by atoms with Crippen LogP contribution in [0.2, 0.25) is 0 Å². The number of imidazole rings is 1. The molecule has 2 aliphatic rings. The van der Waals surface area contributed by atoms with Crippen LogP contribution in [0.1, 0.15) is 44.5 Å². The maximum absolute atomic E-state index is 5.54. The molecule has 0 aromatic carbocycles. The van der Waals surface area contributed by atoms with Gasteiger partial charge in [0.05, 0.1) is 6.04 Å². The van der Waals surface area contributed by atoms with Gasteiger partial charge in [0, 0.05) is 51.4 Å². The fraction of sp³-hybridized carbons (Fsp3) is 0.812. The minimum atomic E-state index is 0.340. The fourth-order valence-corrected chi connectivity index (χ4v) is 3.46. The third-order valence-electron chi connectivity index (χ3n) is 4.74. The number of hydrogen-bond donors (Lipinski definition) is 1. The lowest BCUT2D eigenvalue weighted by atomic mass is 9.90. The molecule has 0 amide bonds. The summed E-state index contributed by atoms with van der Waals surface area (Å²) in [6, 6.07) is 0.889. The van der Waals surface area contributed by atoms with Crippen molar-refractivity contribution in [3.05, 3.63) is 18.2 Å². The molecule has 118 valence electrons. The number of hydrogen-bond acceptors (Lipinski definition) is 4. The van der Waals surface area contributed by atoms with E-state index in [2.05, 4.69) is 28.0 Å². The number of nitrogens with one attached hydrogen (secondary N) is 1. The van der Waals surface area contributed by atoms with E-state index in [1.165, 1.54) is 5.82 Å². The van der Waals surface area contributed by atoms with Crippen LogP contribution in [0, 0.1) is 5.92 Å². The molecular formula is C16H27N3O2. The van der Waals surface area contributed by atoms with Crippen molar-refractivity contribution in [3.8, 4) is 0 Å². The second kappa shape index (κ2) is 7.38. The minimum Gasteiger partial charge on any atom is -0.381 e. The molecule has 2 fully saturated rings. The van der Waals surface area contributed by atoms with Crippen molar-refractivity contribution in [2.24, 2.45) is 5.92 Å². The summed E-state index contributed by atoms with van der Waals surface area (Å²) in [5.74, 6) is 1.81. The van der Waals surface area contributed by atoms with E-state index in [1.807, 2.05) is 6.20 Å². The van der Waals surface area contributed by atoms with E-state index in [-0.39, 0.29) is 0 Å². The van der Waals surface area contributed by atoms with Crippen LogP contribution in [-0.4, -0.2) is 42.0 Å². The van der Waals surface area contributed by atoms with E-state index >= 15 is 0 Å². The zero-order valence-corrected chi connectivity index (χ0v) is 13.0. The molecule has 2 saturated heterocycles. The number of aromatic nitrogens is 2. The highest BCUT2D eigenvalue weighted by molar-refractivity contribution is 5.03. The van der Waals surface area contributed by atoms with Crippen LogP contribution >= 0.6 is 0 Å². The van der Waals surface area contributed by atoms with E-state index in [1.54, 1.807) is 0 Å². The number of rotatable bonds is 5. The van der Waals surface area contributed by atoms with Crippen LogP contribution in [0.4, 0.5) is 0 Å². The molecule has 1 aromatic heterocycles. The van der Waals surface area contributed by atoms with Gasteiger partial charge < -0.3 is 19.4 Å². The molecule has 1 unspecified atom stereocenters. The van der Waals surface area contributed by atoms with Crippen molar-refractivity contribution in [1.82, 2.24) is 14.9 Å². The number of ether oxygens (including phenoxy) is 2. The predicted molar refractivity (Wildman–Crippen MR) is 81.2 cm³/mol. The van der Waals surface area contributed by atoms with Crippen LogP contribution in [0.5, 0.6) is 0 Å². The summed E-state index contributed by atoms with van der Waals surface area (Å²) in [5.41, 5.74) is 0. The molecule has 1 N–H and O–H groups in total. The lowest BCUT2D eigenvalue weighted by molar-refractivity contribution is 0.0396. The van der Waals surface area contributed by atoms with Crippen molar-refractivity contribution >= 4 is 0 Å². The normalized spacial score (nSPS) is 23.3. The zero-order valence-electron chi connectivity index (χ0n) is 13.0. The molecule has 2 aliphatic heterocycles. The Bertz CT molecular complexity index is 423. The van der Waals surface area contributed by atoms with Crippen molar-refractivity contribution in [2.75, 3.05) is 26.4 Å². The molecule has 0 bridgehead atoms. The average Bonchev–Trinajstić information content (AvgIpc) is 3.03. The Morgan fingerprint density at radius 2 is 1.86 bits per heavy atom. The monoisotopic (exact) mass is 293 g/mol. The van der Waals surface area contributed by atoms with E-state index in [0.717, 1.165) is 58.7 Å². The summed E-state index contributed by atoms with van der Waals surface area (Å²) in [6.45, 7) is 6.67. The van der Waals surface area contributed by atoms with Crippen molar-refractivity contribution in [2.45, 2.75) is 51.2 Å². The summed E-state index contributed by atoms with van der Waals surface area (Å²) in [4.78, 5) is 4.66. The Labute approximate surface area is 127 Å². The highest BCUT2D eigenvalue weighted by atomic mass is 16.5. The van der Waals surface area contributed by atoms with E-state index in [4.69, 9.17) is 9.47 Å². The Hall–Kier alpha value is -0.910. The smallest absolute Gasteiger partial charge is 0.126 e. The maximum atomic E-state index is 5.54. The van der Waals surface area contributed by atoms with Crippen LogP contribution in [0.3, 0.4) is 0 Å². The topological polar surface area (TPSA) is 48.3 Å². The molecule has 3 rings (SSSR count). The lowest BCUT2D eigenvalue weighted by Crippen LogP contribution is -2.42. The molecule has 5 heteroatoms. The number of nitrogens with zero attached hydrogens (tertiary/aromatic N) is 2. The Balaban J connectivity index is 1.76. The SMILES string of the molecule is CCn1ccnc1C(NC1CCOCC1)C1CCOCC1. The van der Waals surface area contributed by atoms with Gasteiger partial charge in [-0.15, -0.1) is 0 Å². The predicted octanol–water partition coefficient (Wildman–Crippen LogP) is 2.14. The first-order valence-corrected chi connectivity index (χ1v) is 8.31. The molecule has 3 heterocycles. The summed E-state index contributed by atoms with van der Waals surface area (Å²) in [6.07, 6.45) is 8.47. The second-order valence-electron chi connectivity index (χ2n) is 6.05. The highest BCUT2D eigenvalue weighted by Crippen LogP contribution is 2.30. The summed E-state index contributed by atoms with van der Waals surface area (Å²) in [7, 11) is 0. The standard InChI is InChI=1S/C16H27N3O2/c1-2-19-8-7-17-16(19)15(13-3-9-20-10-4-13)18-14-5-11-21-12-6-14/h7-8,13-15,18H,2-6,9-12H2,1H3. The third kappa shape index (κ3) is 3.65. The van der Waals surface area contributed by atoms with Gasteiger partial charge in [0.25, 0.3) is 0 Å². The lowest BCUT2D eigenvalue weighted by Gasteiger charge is -2.35. The van der Waals surface area contributed by atoms with Crippen LogP contribution in [-0.2, 0) is 16.0 Å². The molecule has 0 radical (unpaired) electrons. The third-order valence-corrected chi connectivity index (χ3v) is 4.74. The van der Waals surface area contributed by atoms with Gasteiger partial charge >= 0.3 is 0 Å². The first kappa shape index (κ1) is 15.0. The van der Waals surface area contributed by atoms with E-state index in [9.17, 15) is 0 Å². The quantitative estimate of drug-likeness (QED) is 0.903. The maximum Gasteiger partial charge on any atom is 0.126 e. The first-order valence-electron chi connectivity index (χ1n) is 8.31. The van der Waals surface area contributed by atoms with Gasteiger partial charge in [-0.25, -0.2) is 4.98 Å². The van der Waals surface area contributed by atoms with Gasteiger partial charge in [-0.2, -0.15) is 0 Å². The van der Waals surface area contributed by atoms with Crippen LogP contribution < -0.4 is 5.32 Å². The highest BCUT2D eigenvalue weighted by Gasteiger charge is 2.30. The van der Waals surface area contributed by atoms with E-state index < -0.39 is 0 Å². The van der Waals surface area contributed by atoms with Gasteiger partial charge in [-0.05, 0) is 38.5 Å². The second-order valence-corrected chi connectivity index (χ2v) is 6.05. The van der Waals surface area contributed by atoms with Gasteiger partial charge in [0.1, 0.15) is 5.82 Å². The van der Waals surface area contributed by atoms with Crippen LogP contribution in [0.25, 0.3) is 0 Å². The van der Waals surface area contributed by atoms with Gasteiger partial charge in [0.15, 0.2) is 0 Å². The van der Waals surface area contributed by atoms with Crippen LogP contribution in [0.15, 0.2) is 12.4 Å². The minimum absolute atomic E-state index is 0.340. The van der Waals surface area contributed by atoms with Gasteiger partial charge in [0.2, 0.25) is 0 Å². The summed E-state index contributed by atoms with van der Waals surface area (Å²) >= 11 is 0. The fourth-order valence-electron chi connectivity index (χ4n) is 3.46. The Kier molecular flexibility index (Phi) is 5.27. The molecule has 0 aliphatic carbocycles. The van der Waals surface area contributed by atoms with E-state index in [0.29, 0.717) is 18.0 Å². The van der Waals surface area contributed by atoms with Crippen molar-refractivity contribution < 1.29 is 9.47 Å². The molecule has 0 saturated carbocycles. The Morgan fingerprint density at radius 1 is 1.19 bits per heavy atom. The molecule has 1 atom stereocenters. The molecular weight excluding hydrogens is 266 g/mol. The zero-order chi connectivity index (χ0) is 14.5. The molecule has 5 nitrogen and oxygen atoms in total. The first-order chi connectivity index (χ1) is 10.4. The van der Waals surface area contributed by atoms with Gasteiger partial charge in [-0.3, -0.25) is 0 Å². The average molecular weight is 293 g/mol.